The summed E-state index contributed by atoms with van der Waals surface area (Å²) < 4.78 is 0. The molecule has 5 nitrogen and oxygen atoms in total. The monoisotopic (exact) mass is 340 g/mol. The highest BCUT2D eigenvalue weighted by molar-refractivity contribution is 5.91. The SMILES string of the molecule is CCCCN(C)C(=O)c1cnc(Nc2c(CC)cccc2CC)cn1. The number of rotatable bonds is 8. The molecule has 1 heterocycles. The van der Waals surface area contributed by atoms with Gasteiger partial charge in [0.25, 0.3) is 5.91 Å². The Morgan fingerprint density at radius 1 is 1.08 bits per heavy atom. The van der Waals surface area contributed by atoms with Gasteiger partial charge in [-0.25, -0.2) is 9.97 Å². The number of nitrogens with one attached hydrogen (secondary N) is 1. The van der Waals surface area contributed by atoms with Crippen LogP contribution < -0.4 is 5.32 Å². The summed E-state index contributed by atoms with van der Waals surface area (Å²) in [7, 11) is 1.80. The second-order valence-electron chi connectivity index (χ2n) is 6.15. The van der Waals surface area contributed by atoms with E-state index in [0.717, 1.165) is 37.9 Å². The number of aromatic nitrogens is 2. The second kappa shape index (κ2) is 9.16. The van der Waals surface area contributed by atoms with E-state index in [1.807, 2.05) is 0 Å². The third-order valence-corrected chi connectivity index (χ3v) is 4.32. The molecule has 0 atom stereocenters. The van der Waals surface area contributed by atoms with Crippen LogP contribution in [0.1, 0.15) is 55.2 Å². The predicted molar refractivity (Wildman–Crippen MR) is 102 cm³/mol. The van der Waals surface area contributed by atoms with Gasteiger partial charge in [0.15, 0.2) is 0 Å². The van der Waals surface area contributed by atoms with E-state index in [1.165, 1.54) is 11.1 Å². The first-order valence-corrected chi connectivity index (χ1v) is 9.05. The van der Waals surface area contributed by atoms with E-state index >= 15 is 0 Å². The first-order valence-electron chi connectivity index (χ1n) is 9.05. The molecule has 1 aromatic carbocycles. The predicted octanol–water partition coefficient (Wildman–Crippen LogP) is 4.22. The number of aryl methyl sites for hydroxylation is 2. The molecule has 0 spiro atoms. The molecule has 0 aliphatic carbocycles. The zero-order valence-electron chi connectivity index (χ0n) is 15.7. The van der Waals surface area contributed by atoms with Gasteiger partial charge in [-0.15, -0.1) is 0 Å². The molecule has 134 valence electrons. The van der Waals surface area contributed by atoms with Crippen molar-refractivity contribution in [2.24, 2.45) is 0 Å². The van der Waals surface area contributed by atoms with Gasteiger partial charge in [-0.05, 0) is 30.4 Å². The van der Waals surface area contributed by atoms with Gasteiger partial charge in [0.2, 0.25) is 0 Å². The number of unbranched alkanes of at least 4 members (excludes halogenated alkanes) is 1. The van der Waals surface area contributed by atoms with E-state index in [0.29, 0.717) is 11.5 Å². The van der Waals surface area contributed by atoms with Gasteiger partial charge in [-0.3, -0.25) is 4.79 Å². The molecule has 5 heteroatoms. The van der Waals surface area contributed by atoms with E-state index in [2.05, 4.69) is 54.3 Å². The van der Waals surface area contributed by atoms with Crippen molar-refractivity contribution >= 4 is 17.4 Å². The number of hydrogen-bond donors (Lipinski definition) is 1. The highest BCUT2D eigenvalue weighted by Gasteiger charge is 2.14. The molecular formula is C20H28N4O. The van der Waals surface area contributed by atoms with Gasteiger partial charge in [-0.2, -0.15) is 0 Å². The zero-order valence-corrected chi connectivity index (χ0v) is 15.7. The average Bonchev–Trinajstić information content (AvgIpc) is 2.66. The van der Waals surface area contributed by atoms with Crippen LogP contribution in [0.4, 0.5) is 11.5 Å². The maximum absolute atomic E-state index is 12.3. The summed E-state index contributed by atoms with van der Waals surface area (Å²) in [5.41, 5.74) is 3.98. The number of hydrogen-bond acceptors (Lipinski definition) is 4. The second-order valence-corrected chi connectivity index (χ2v) is 6.15. The third-order valence-electron chi connectivity index (χ3n) is 4.32. The van der Waals surface area contributed by atoms with Gasteiger partial charge in [-0.1, -0.05) is 45.4 Å². The largest absolute Gasteiger partial charge is 0.340 e. The van der Waals surface area contributed by atoms with Gasteiger partial charge < -0.3 is 10.2 Å². The number of carbonyl (C=O) groups excluding carboxylic acids is 1. The van der Waals surface area contributed by atoms with E-state index in [9.17, 15) is 4.79 Å². The van der Waals surface area contributed by atoms with E-state index in [-0.39, 0.29) is 5.91 Å². The van der Waals surface area contributed by atoms with Crippen LogP contribution in [0.3, 0.4) is 0 Å². The highest BCUT2D eigenvalue weighted by atomic mass is 16.2. The van der Waals surface area contributed by atoms with Crippen molar-refractivity contribution in [3.05, 3.63) is 47.4 Å². The van der Waals surface area contributed by atoms with E-state index < -0.39 is 0 Å². The Bertz CT molecular complexity index is 675. The van der Waals surface area contributed by atoms with Crippen LogP contribution in [0.25, 0.3) is 0 Å². The molecule has 0 aliphatic heterocycles. The van der Waals surface area contributed by atoms with Crippen LogP contribution in [0.5, 0.6) is 0 Å². The lowest BCUT2D eigenvalue weighted by Crippen LogP contribution is -2.28. The van der Waals surface area contributed by atoms with Crippen molar-refractivity contribution in [3.63, 3.8) is 0 Å². The normalized spacial score (nSPS) is 10.6. The molecule has 0 aliphatic rings. The maximum atomic E-state index is 12.3. The fourth-order valence-electron chi connectivity index (χ4n) is 2.73. The number of anilines is 2. The molecule has 0 bridgehead atoms. The van der Waals surface area contributed by atoms with Crippen LogP contribution in [0.15, 0.2) is 30.6 Å². The quantitative estimate of drug-likeness (QED) is 0.782. The molecule has 2 rings (SSSR count). The molecule has 1 amide bonds. The summed E-state index contributed by atoms with van der Waals surface area (Å²) in [6.45, 7) is 7.12. The van der Waals surface area contributed by atoms with Gasteiger partial charge in [0, 0.05) is 19.3 Å². The van der Waals surface area contributed by atoms with Crippen molar-refractivity contribution in [3.8, 4) is 0 Å². The molecule has 25 heavy (non-hydrogen) atoms. The molecular weight excluding hydrogens is 312 g/mol. The minimum Gasteiger partial charge on any atom is -0.340 e. The van der Waals surface area contributed by atoms with Crippen LogP contribution in [-0.2, 0) is 12.8 Å². The van der Waals surface area contributed by atoms with Crippen molar-refractivity contribution in [2.45, 2.75) is 46.5 Å². The Kier molecular flexibility index (Phi) is 6.92. The van der Waals surface area contributed by atoms with Gasteiger partial charge in [0.1, 0.15) is 11.5 Å². The van der Waals surface area contributed by atoms with Crippen LogP contribution in [0, 0.1) is 0 Å². The summed E-state index contributed by atoms with van der Waals surface area (Å²) in [5, 5.41) is 3.37. The minimum absolute atomic E-state index is 0.0873. The lowest BCUT2D eigenvalue weighted by atomic mass is 10.0. The van der Waals surface area contributed by atoms with E-state index in [1.54, 1.807) is 24.3 Å². The molecule has 0 radical (unpaired) electrons. The Hall–Kier alpha value is -2.43. The summed E-state index contributed by atoms with van der Waals surface area (Å²) >= 11 is 0. The fraction of sp³-hybridized carbons (Fsp3) is 0.450. The van der Waals surface area contributed by atoms with Crippen molar-refractivity contribution in [2.75, 3.05) is 18.9 Å². The van der Waals surface area contributed by atoms with Crippen LogP contribution in [0.2, 0.25) is 0 Å². The fourth-order valence-corrected chi connectivity index (χ4v) is 2.73. The molecule has 1 aromatic heterocycles. The lowest BCUT2D eigenvalue weighted by molar-refractivity contribution is 0.0787. The standard InChI is InChI=1S/C20H28N4O/c1-5-8-12-24(4)20(25)17-13-22-18(14-21-17)23-19-15(6-2)10-9-11-16(19)7-3/h9-11,13-14H,5-8,12H2,1-4H3,(H,22,23). The topological polar surface area (TPSA) is 58.1 Å². The van der Waals surface area contributed by atoms with Crippen molar-refractivity contribution in [1.29, 1.82) is 0 Å². The molecule has 2 aromatic rings. The summed E-state index contributed by atoms with van der Waals surface area (Å²) in [6.07, 6.45) is 7.12. The third kappa shape index (κ3) is 4.78. The zero-order chi connectivity index (χ0) is 18.2. The minimum atomic E-state index is -0.0873. The first-order chi connectivity index (χ1) is 12.1. The maximum Gasteiger partial charge on any atom is 0.273 e. The number of benzene rings is 1. The number of para-hydroxylation sites is 1. The Morgan fingerprint density at radius 3 is 2.28 bits per heavy atom. The molecule has 0 saturated carbocycles. The highest BCUT2D eigenvalue weighted by Crippen LogP contribution is 2.25. The lowest BCUT2D eigenvalue weighted by Gasteiger charge is -2.17. The van der Waals surface area contributed by atoms with Crippen LogP contribution >= 0.6 is 0 Å². The Morgan fingerprint density at radius 2 is 1.76 bits per heavy atom. The summed E-state index contributed by atoms with van der Waals surface area (Å²) in [5.74, 6) is 0.569. The molecule has 0 saturated heterocycles. The molecule has 0 fully saturated rings. The summed E-state index contributed by atoms with van der Waals surface area (Å²) in [4.78, 5) is 22.7. The number of nitrogens with zero attached hydrogens (tertiary/aromatic N) is 3. The molecule has 0 unspecified atom stereocenters. The van der Waals surface area contributed by atoms with Gasteiger partial charge >= 0.3 is 0 Å². The average molecular weight is 340 g/mol. The van der Waals surface area contributed by atoms with Crippen molar-refractivity contribution < 1.29 is 4.79 Å². The number of carbonyl (C=O) groups is 1. The summed E-state index contributed by atoms with van der Waals surface area (Å²) in [6, 6.07) is 6.33. The van der Waals surface area contributed by atoms with Crippen molar-refractivity contribution in [1.82, 2.24) is 14.9 Å². The van der Waals surface area contributed by atoms with Gasteiger partial charge in [0.05, 0.1) is 12.4 Å². The first kappa shape index (κ1) is 18.9. The van der Waals surface area contributed by atoms with Crippen LogP contribution in [-0.4, -0.2) is 34.4 Å². The molecule has 1 N–H and O–H groups in total. The Labute approximate surface area is 150 Å². The van der Waals surface area contributed by atoms with E-state index in [4.69, 9.17) is 0 Å². The number of amides is 1. The smallest absolute Gasteiger partial charge is 0.273 e. The Balaban J connectivity index is 2.15.